The highest BCUT2D eigenvalue weighted by Gasteiger charge is 2.07. The van der Waals surface area contributed by atoms with E-state index in [1.807, 2.05) is 18.2 Å². The lowest BCUT2D eigenvalue weighted by Crippen LogP contribution is -2.13. The molecule has 0 aromatic rings. The Labute approximate surface area is 60.6 Å². The van der Waals surface area contributed by atoms with Crippen LogP contribution in [0.3, 0.4) is 0 Å². The Balaban J connectivity index is 2.61. The molecule has 0 fully saturated rings. The van der Waals surface area contributed by atoms with Gasteiger partial charge in [0.15, 0.2) is 0 Å². The van der Waals surface area contributed by atoms with Crippen molar-refractivity contribution >= 4 is 0 Å². The van der Waals surface area contributed by atoms with Crippen LogP contribution in [0.15, 0.2) is 23.8 Å². The third kappa shape index (κ3) is 1.46. The molecule has 10 heavy (non-hydrogen) atoms. The number of hydrogen-bond donors (Lipinski definition) is 1. The summed E-state index contributed by atoms with van der Waals surface area (Å²) in [6.07, 6.45) is 6.59. The van der Waals surface area contributed by atoms with E-state index in [2.05, 4.69) is 6.07 Å². The van der Waals surface area contributed by atoms with Crippen LogP contribution in [0, 0.1) is 17.2 Å². The van der Waals surface area contributed by atoms with Crippen molar-refractivity contribution in [1.29, 1.82) is 5.26 Å². The van der Waals surface area contributed by atoms with Gasteiger partial charge in [0.25, 0.3) is 0 Å². The molecule has 1 atom stereocenters. The molecule has 1 rings (SSSR count). The lowest BCUT2D eigenvalue weighted by molar-refractivity contribution is 0.657. The number of nitrogens with two attached hydrogens (primary N) is 1. The Hall–Kier alpha value is -1.07. The minimum absolute atomic E-state index is 0.375. The van der Waals surface area contributed by atoms with Crippen LogP contribution >= 0.6 is 0 Å². The standard InChI is InChI=1S/C8H10N2/c9-5-7-2-1-3-8(4-7)6-10/h1-3,7H,4-5,9H2. The molecule has 0 aliphatic heterocycles. The predicted octanol–water partition coefficient (Wildman–Crippen LogP) is 0.971. The number of rotatable bonds is 1. The fourth-order valence-corrected chi connectivity index (χ4v) is 0.992. The van der Waals surface area contributed by atoms with Crippen LogP contribution in [-0.4, -0.2) is 6.54 Å². The summed E-state index contributed by atoms with van der Waals surface area (Å²) < 4.78 is 0. The first-order chi connectivity index (χ1) is 4.86. The molecule has 2 N–H and O–H groups in total. The Kier molecular flexibility index (Phi) is 2.24. The summed E-state index contributed by atoms with van der Waals surface area (Å²) in [7, 11) is 0. The molecule has 1 aliphatic rings. The zero-order chi connectivity index (χ0) is 7.40. The highest BCUT2D eigenvalue weighted by atomic mass is 14.5. The second-order valence-corrected chi connectivity index (χ2v) is 2.39. The van der Waals surface area contributed by atoms with Crippen LogP contribution in [0.1, 0.15) is 6.42 Å². The van der Waals surface area contributed by atoms with Crippen molar-refractivity contribution in [2.24, 2.45) is 11.7 Å². The molecule has 2 heteroatoms. The molecule has 0 aromatic carbocycles. The Morgan fingerprint density at radius 1 is 1.80 bits per heavy atom. The van der Waals surface area contributed by atoms with Crippen LogP contribution in [-0.2, 0) is 0 Å². The minimum atomic E-state index is 0.375. The average molecular weight is 134 g/mol. The summed E-state index contributed by atoms with van der Waals surface area (Å²) >= 11 is 0. The van der Waals surface area contributed by atoms with Crippen LogP contribution < -0.4 is 5.73 Å². The summed E-state index contributed by atoms with van der Waals surface area (Å²) in [6, 6.07) is 2.12. The van der Waals surface area contributed by atoms with Crippen molar-refractivity contribution in [3.63, 3.8) is 0 Å². The summed E-state index contributed by atoms with van der Waals surface area (Å²) in [5, 5.41) is 8.51. The molecule has 0 saturated heterocycles. The minimum Gasteiger partial charge on any atom is -0.330 e. The zero-order valence-electron chi connectivity index (χ0n) is 5.75. The van der Waals surface area contributed by atoms with Crippen molar-refractivity contribution in [2.75, 3.05) is 6.54 Å². The van der Waals surface area contributed by atoms with E-state index < -0.39 is 0 Å². The summed E-state index contributed by atoms with van der Waals surface area (Å²) in [4.78, 5) is 0. The molecule has 0 spiro atoms. The second-order valence-electron chi connectivity index (χ2n) is 2.39. The largest absolute Gasteiger partial charge is 0.330 e. The van der Waals surface area contributed by atoms with Gasteiger partial charge in [0.2, 0.25) is 0 Å². The van der Waals surface area contributed by atoms with Gasteiger partial charge in [-0.2, -0.15) is 5.26 Å². The lowest BCUT2D eigenvalue weighted by Gasteiger charge is -2.11. The molecule has 0 saturated carbocycles. The van der Waals surface area contributed by atoms with Crippen LogP contribution in [0.4, 0.5) is 0 Å². The lowest BCUT2D eigenvalue weighted by atomic mass is 9.95. The van der Waals surface area contributed by atoms with E-state index in [1.165, 1.54) is 0 Å². The normalized spacial score (nSPS) is 23.6. The van der Waals surface area contributed by atoms with E-state index in [1.54, 1.807) is 0 Å². The first-order valence-corrected chi connectivity index (χ1v) is 3.34. The predicted molar refractivity (Wildman–Crippen MR) is 40.0 cm³/mol. The topological polar surface area (TPSA) is 49.8 Å². The average Bonchev–Trinajstić information content (AvgIpc) is 2.05. The van der Waals surface area contributed by atoms with Gasteiger partial charge in [-0.05, 0) is 25.0 Å². The molecule has 0 radical (unpaired) electrons. The highest BCUT2D eigenvalue weighted by molar-refractivity contribution is 5.30. The molecule has 0 bridgehead atoms. The number of hydrogen-bond acceptors (Lipinski definition) is 2. The van der Waals surface area contributed by atoms with Crippen molar-refractivity contribution in [1.82, 2.24) is 0 Å². The molecule has 2 nitrogen and oxygen atoms in total. The molecular formula is C8H10N2. The third-order valence-corrected chi connectivity index (χ3v) is 1.61. The van der Waals surface area contributed by atoms with Crippen molar-refractivity contribution in [2.45, 2.75) is 6.42 Å². The SMILES string of the molecule is N#CC1=CC=CC(CN)C1. The Morgan fingerprint density at radius 2 is 2.60 bits per heavy atom. The van der Waals surface area contributed by atoms with Crippen LogP contribution in [0.2, 0.25) is 0 Å². The Bertz CT molecular complexity index is 208. The summed E-state index contributed by atoms with van der Waals surface area (Å²) in [6.45, 7) is 0.634. The van der Waals surface area contributed by atoms with Gasteiger partial charge in [0, 0.05) is 5.57 Å². The summed E-state index contributed by atoms with van der Waals surface area (Å²) in [5.74, 6) is 0.375. The van der Waals surface area contributed by atoms with Crippen LogP contribution in [0.5, 0.6) is 0 Å². The van der Waals surface area contributed by atoms with Gasteiger partial charge in [0.1, 0.15) is 0 Å². The van der Waals surface area contributed by atoms with E-state index in [-0.39, 0.29) is 0 Å². The van der Waals surface area contributed by atoms with E-state index >= 15 is 0 Å². The fraction of sp³-hybridized carbons (Fsp3) is 0.375. The maximum absolute atomic E-state index is 8.51. The third-order valence-electron chi connectivity index (χ3n) is 1.61. The number of nitriles is 1. The van der Waals surface area contributed by atoms with Gasteiger partial charge >= 0.3 is 0 Å². The van der Waals surface area contributed by atoms with Crippen LogP contribution in [0.25, 0.3) is 0 Å². The zero-order valence-corrected chi connectivity index (χ0v) is 5.75. The van der Waals surface area contributed by atoms with Crippen molar-refractivity contribution < 1.29 is 0 Å². The maximum Gasteiger partial charge on any atom is 0.0947 e. The van der Waals surface area contributed by atoms with E-state index in [0.29, 0.717) is 12.5 Å². The van der Waals surface area contributed by atoms with E-state index in [4.69, 9.17) is 11.0 Å². The first kappa shape index (κ1) is 7.04. The van der Waals surface area contributed by atoms with Gasteiger partial charge < -0.3 is 5.73 Å². The first-order valence-electron chi connectivity index (χ1n) is 3.34. The van der Waals surface area contributed by atoms with Crippen molar-refractivity contribution in [3.05, 3.63) is 23.8 Å². The molecular weight excluding hydrogens is 124 g/mol. The number of nitrogens with zero attached hydrogens (tertiary/aromatic N) is 1. The quantitative estimate of drug-likeness (QED) is 0.581. The highest BCUT2D eigenvalue weighted by Crippen LogP contribution is 2.16. The van der Waals surface area contributed by atoms with Gasteiger partial charge in [-0.1, -0.05) is 12.2 Å². The van der Waals surface area contributed by atoms with Gasteiger partial charge in [-0.25, -0.2) is 0 Å². The van der Waals surface area contributed by atoms with E-state index in [0.717, 1.165) is 12.0 Å². The molecule has 52 valence electrons. The maximum atomic E-state index is 8.51. The monoisotopic (exact) mass is 134 g/mol. The molecule has 1 aliphatic carbocycles. The smallest absolute Gasteiger partial charge is 0.0947 e. The Morgan fingerprint density at radius 3 is 3.20 bits per heavy atom. The van der Waals surface area contributed by atoms with Gasteiger partial charge in [-0.3, -0.25) is 0 Å². The summed E-state index contributed by atoms with van der Waals surface area (Å²) in [5.41, 5.74) is 6.26. The van der Waals surface area contributed by atoms with Gasteiger partial charge in [0.05, 0.1) is 6.07 Å². The molecule has 0 amide bonds. The molecule has 1 unspecified atom stereocenters. The fourth-order valence-electron chi connectivity index (χ4n) is 0.992. The molecule has 0 heterocycles. The molecule has 0 aromatic heterocycles. The second kappa shape index (κ2) is 3.19. The van der Waals surface area contributed by atoms with E-state index in [9.17, 15) is 0 Å². The number of allylic oxidation sites excluding steroid dienone is 3. The van der Waals surface area contributed by atoms with Gasteiger partial charge in [-0.15, -0.1) is 0 Å². The van der Waals surface area contributed by atoms with Crippen molar-refractivity contribution in [3.8, 4) is 6.07 Å².